The van der Waals surface area contributed by atoms with Gasteiger partial charge in [0, 0.05) is 32.9 Å². The van der Waals surface area contributed by atoms with Crippen molar-refractivity contribution in [1.29, 1.82) is 0 Å². The van der Waals surface area contributed by atoms with Crippen LogP contribution in [0.1, 0.15) is 38.4 Å². The Morgan fingerprint density at radius 2 is 2.10 bits per heavy atom. The van der Waals surface area contributed by atoms with Crippen LogP contribution in [-0.4, -0.2) is 42.9 Å². The zero-order valence-electron chi connectivity index (χ0n) is 13.0. The van der Waals surface area contributed by atoms with Gasteiger partial charge in [0.25, 0.3) is 0 Å². The van der Waals surface area contributed by atoms with Crippen LogP contribution >= 0.6 is 0 Å². The van der Waals surface area contributed by atoms with Crippen molar-refractivity contribution in [3.05, 3.63) is 11.9 Å². The van der Waals surface area contributed by atoms with E-state index >= 15 is 0 Å². The largest absolute Gasteiger partial charge is 0.378 e. The number of aromatic nitrogens is 2. The Morgan fingerprint density at radius 1 is 1.29 bits per heavy atom. The maximum Gasteiger partial charge on any atom is 0.158 e. The topological polar surface area (TPSA) is 68.3 Å². The van der Waals surface area contributed by atoms with Gasteiger partial charge in [0.15, 0.2) is 5.82 Å². The van der Waals surface area contributed by atoms with Crippen molar-refractivity contribution in [1.82, 2.24) is 9.97 Å². The summed E-state index contributed by atoms with van der Waals surface area (Å²) in [5, 5.41) is 6.58. The molecule has 2 N–H and O–H groups in total. The van der Waals surface area contributed by atoms with Crippen LogP contribution in [0, 0.1) is 0 Å². The lowest BCUT2D eigenvalue weighted by atomic mass is 10.1. The standard InChI is InChI=1S/C15H26N4O2/c1-3-16-13-10-14(19-15(18-13)11-20-2)17-8-7-12-6-4-5-9-21-12/h10,12H,3-9,11H2,1-2H3,(H2,16,17,18,19). The predicted octanol–water partition coefficient (Wildman–Crippen LogP) is 2.43. The monoisotopic (exact) mass is 294 g/mol. The van der Waals surface area contributed by atoms with E-state index in [9.17, 15) is 0 Å². The third kappa shape index (κ3) is 5.47. The molecule has 2 rings (SSSR count). The van der Waals surface area contributed by atoms with Crippen LogP contribution < -0.4 is 10.6 Å². The number of rotatable bonds is 8. The first kappa shape index (κ1) is 16.0. The normalized spacial score (nSPS) is 18.5. The van der Waals surface area contributed by atoms with E-state index in [1.165, 1.54) is 19.3 Å². The molecule has 1 atom stereocenters. The van der Waals surface area contributed by atoms with Crippen molar-refractivity contribution in [2.75, 3.05) is 37.4 Å². The lowest BCUT2D eigenvalue weighted by Gasteiger charge is -2.22. The zero-order chi connectivity index (χ0) is 14.9. The average molecular weight is 294 g/mol. The zero-order valence-corrected chi connectivity index (χ0v) is 13.0. The summed E-state index contributed by atoms with van der Waals surface area (Å²) in [4.78, 5) is 8.86. The fraction of sp³-hybridized carbons (Fsp3) is 0.733. The van der Waals surface area contributed by atoms with E-state index in [2.05, 4.69) is 20.6 Å². The Bertz CT molecular complexity index is 398. The van der Waals surface area contributed by atoms with E-state index in [0.29, 0.717) is 18.5 Å². The van der Waals surface area contributed by atoms with Crippen LogP contribution in [0.15, 0.2) is 6.07 Å². The molecule has 1 saturated heterocycles. The van der Waals surface area contributed by atoms with Crippen LogP contribution in [-0.2, 0) is 16.1 Å². The summed E-state index contributed by atoms with van der Waals surface area (Å²) in [6.07, 6.45) is 5.05. The molecule has 0 radical (unpaired) electrons. The van der Waals surface area contributed by atoms with Gasteiger partial charge >= 0.3 is 0 Å². The van der Waals surface area contributed by atoms with Gasteiger partial charge in [0.1, 0.15) is 18.2 Å². The molecule has 118 valence electrons. The van der Waals surface area contributed by atoms with Gasteiger partial charge in [-0.25, -0.2) is 9.97 Å². The Kier molecular flexibility index (Phi) is 6.69. The molecule has 0 spiro atoms. The number of hydrogen-bond acceptors (Lipinski definition) is 6. The van der Waals surface area contributed by atoms with Gasteiger partial charge in [-0.2, -0.15) is 0 Å². The van der Waals surface area contributed by atoms with E-state index in [-0.39, 0.29) is 0 Å². The van der Waals surface area contributed by atoms with E-state index in [0.717, 1.165) is 37.8 Å². The highest BCUT2D eigenvalue weighted by molar-refractivity contribution is 5.47. The summed E-state index contributed by atoms with van der Waals surface area (Å²) in [6.45, 7) is 5.06. The van der Waals surface area contributed by atoms with E-state index < -0.39 is 0 Å². The summed E-state index contributed by atoms with van der Waals surface area (Å²) >= 11 is 0. The van der Waals surface area contributed by atoms with Crippen molar-refractivity contribution in [2.45, 2.75) is 45.3 Å². The minimum Gasteiger partial charge on any atom is -0.378 e. The Morgan fingerprint density at radius 3 is 2.76 bits per heavy atom. The van der Waals surface area contributed by atoms with Crippen molar-refractivity contribution in [3.63, 3.8) is 0 Å². The molecule has 1 aromatic rings. The number of nitrogens with one attached hydrogen (secondary N) is 2. The molecule has 2 heterocycles. The van der Waals surface area contributed by atoms with E-state index in [1.807, 2.05) is 13.0 Å². The van der Waals surface area contributed by atoms with Gasteiger partial charge < -0.3 is 20.1 Å². The maximum absolute atomic E-state index is 5.74. The smallest absolute Gasteiger partial charge is 0.158 e. The number of hydrogen-bond donors (Lipinski definition) is 2. The van der Waals surface area contributed by atoms with Crippen molar-refractivity contribution in [2.24, 2.45) is 0 Å². The molecule has 1 unspecified atom stereocenters. The molecular formula is C15H26N4O2. The molecule has 0 aromatic carbocycles. The predicted molar refractivity (Wildman–Crippen MR) is 83.6 cm³/mol. The molecule has 6 heteroatoms. The molecule has 1 aliphatic rings. The third-order valence-electron chi connectivity index (χ3n) is 3.45. The van der Waals surface area contributed by atoms with Crippen molar-refractivity contribution in [3.8, 4) is 0 Å². The lowest BCUT2D eigenvalue weighted by molar-refractivity contribution is 0.0134. The summed E-state index contributed by atoms with van der Waals surface area (Å²) < 4.78 is 10.9. The molecule has 0 saturated carbocycles. The number of nitrogens with zero attached hydrogens (tertiary/aromatic N) is 2. The molecule has 0 amide bonds. The maximum atomic E-state index is 5.74. The van der Waals surface area contributed by atoms with E-state index in [1.54, 1.807) is 7.11 Å². The highest BCUT2D eigenvalue weighted by atomic mass is 16.5. The molecule has 1 fully saturated rings. The van der Waals surface area contributed by atoms with Gasteiger partial charge in [-0.3, -0.25) is 0 Å². The fourth-order valence-corrected chi connectivity index (χ4v) is 2.45. The molecule has 6 nitrogen and oxygen atoms in total. The van der Waals surface area contributed by atoms with Crippen LogP contribution in [0.5, 0.6) is 0 Å². The Labute approximate surface area is 126 Å². The highest BCUT2D eigenvalue weighted by Gasteiger charge is 2.13. The first-order valence-electron chi connectivity index (χ1n) is 7.78. The Hall–Kier alpha value is -1.40. The molecule has 1 aliphatic heterocycles. The van der Waals surface area contributed by atoms with Crippen molar-refractivity contribution < 1.29 is 9.47 Å². The summed E-state index contributed by atoms with van der Waals surface area (Å²) in [5.74, 6) is 2.35. The summed E-state index contributed by atoms with van der Waals surface area (Å²) in [7, 11) is 1.65. The molecule has 0 bridgehead atoms. The first-order chi connectivity index (χ1) is 10.3. The Balaban J connectivity index is 1.87. The summed E-state index contributed by atoms with van der Waals surface area (Å²) in [5.41, 5.74) is 0. The van der Waals surface area contributed by atoms with Crippen LogP contribution in [0.2, 0.25) is 0 Å². The van der Waals surface area contributed by atoms with Crippen molar-refractivity contribution >= 4 is 11.6 Å². The van der Waals surface area contributed by atoms with Crippen LogP contribution in [0.3, 0.4) is 0 Å². The number of methoxy groups -OCH3 is 1. The molecular weight excluding hydrogens is 268 g/mol. The first-order valence-corrected chi connectivity index (χ1v) is 7.78. The molecule has 21 heavy (non-hydrogen) atoms. The SMILES string of the molecule is CCNc1cc(NCCC2CCCCO2)nc(COC)n1. The average Bonchev–Trinajstić information content (AvgIpc) is 2.49. The molecule has 0 aliphatic carbocycles. The van der Waals surface area contributed by atoms with Crippen LogP contribution in [0.25, 0.3) is 0 Å². The second-order valence-electron chi connectivity index (χ2n) is 5.22. The second-order valence-corrected chi connectivity index (χ2v) is 5.22. The van der Waals surface area contributed by atoms with E-state index in [4.69, 9.17) is 9.47 Å². The minimum atomic E-state index is 0.389. The van der Waals surface area contributed by atoms with Gasteiger partial charge in [-0.1, -0.05) is 0 Å². The summed E-state index contributed by atoms with van der Waals surface area (Å²) in [6, 6.07) is 1.93. The second kappa shape index (κ2) is 8.79. The number of ether oxygens (including phenoxy) is 2. The van der Waals surface area contributed by atoms with Gasteiger partial charge in [-0.15, -0.1) is 0 Å². The quantitative estimate of drug-likeness (QED) is 0.767. The highest BCUT2D eigenvalue weighted by Crippen LogP contribution is 2.16. The van der Waals surface area contributed by atoms with Gasteiger partial charge in [0.05, 0.1) is 6.10 Å². The van der Waals surface area contributed by atoms with Crippen LogP contribution in [0.4, 0.5) is 11.6 Å². The lowest BCUT2D eigenvalue weighted by Crippen LogP contribution is -2.22. The van der Waals surface area contributed by atoms with Gasteiger partial charge in [-0.05, 0) is 32.6 Å². The van der Waals surface area contributed by atoms with Gasteiger partial charge in [0.2, 0.25) is 0 Å². The minimum absolute atomic E-state index is 0.389. The molecule has 1 aromatic heterocycles. The number of anilines is 2. The third-order valence-corrected chi connectivity index (χ3v) is 3.45. The fourth-order valence-electron chi connectivity index (χ4n) is 2.45.